The summed E-state index contributed by atoms with van der Waals surface area (Å²) in [6.07, 6.45) is 1.59. The number of nitrogens with zero attached hydrogens (tertiary/aromatic N) is 1. The Bertz CT molecular complexity index is 1050. The van der Waals surface area contributed by atoms with Crippen LogP contribution in [-0.4, -0.2) is 26.4 Å². The number of methoxy groups -OCH3 is 1. The minimum absolute atomic E-state index is 0.00538. The second kappa shape index (κ2) is 8.64. The van der Waals surface area contributed by atoms with Crippen LogP contribution in [-0.2, 0) is 16.6 Å². The number of carbonyl (C=O) groups excluding carboxylic acids is 1. The van der Waals surface area contributed by atoms with Gasteiger partial charge in [0.1, 0.15) is 5.75 Å². The molecule has 0 aliphatic carbocycles. The number of aromatic nitrogens is 1. The number of benzene rings is 2. The topological polar surface area (TPSA) is 97.4 Å². The lowest BCUT2D eigenvalue weighted by molar-refractivity contribution is 0.102. The first kappa shape index (κ1) is 19.5. The molecule has 0 unspecified atom stereocenters. The van der Waals surface area contributed by atoms with E-state index in [-0.39, 0.29) is 17.0 Å². The lowest BCUT2D eigenvalue weighted by Crippen LogP contribution is -2.24. The predicted octanol–water partition coefficient (Wildman–Crippen LogP) is 2.82. The number of hydrogen-bond donors (Lipinski definition) is 2. The Kier molecular flexibility index (Phi) is 6.03. The summed E-state index contributed by atoms with van der Waals surface area (Å²) < 4.78 is 32.6. The van der Waals surface area contributed by atoms with E-state index in [0.717, 1.165) is 0 Å². The van der Waals surface area contributed by atoms with Gasteiger partial charge in [0.2, 0.25) is 10.0 Å². The van der Waals surface area contributed by atoms with Crippen molar-refractivity contribution in [2.75, 3.05) is 12.4 Å². The summed E-state index contributed by atoms with van der Waals surface area (Å²) in [5.74, 6) is 0.261. The molecule has 0 radical (unpaired) electrons. The maximum absolute atomic E-state index is 12.5. The van der Waals surface area contributed by atoms with Crippen LogP contribution in [0.5, 0.6) is 5.75 Å². The van der Waals surface area contributed by atoms with Gasteiger partial charge in [0.05, 0.1) is 24.2 Å². The molecule has 0 atom stereocenters. The van der Waals surface area contributed by atoms with Gasteiger partial charge in [0, 0.05) is 17.4 Å². The highest BCUT2D eigenvalue weighted by Gasteiger charge is 2.16. The number of hydrogen-bond acceptors (Lipinski definition) is 5. The second-order valence-electron chi connectivity index (χ2n) is 5.86. The minimum Gasteiger partial charge on any atom is -0.497 e. The number of amides is 1. The highest BCUT2D eigenvalue weighted by molar-refractivity contribution is 7.89. The van der Waals surface area contributed by atoms with E-state index < -0.39 is 15.9 Å². The van der Waals surface area contributed by atoms with E-state index in [2.05, 4.69) is 15.0 Å². The Morgan fingerprint density at radius 2 is 1.82 bits per heavy atom. The largest absolute Gasteiger partial charge is 0.497 e. The van der Waals surface area contributed by atoms with E-state index in [1.165, 1.54) is 18.2 Å². The Morgan fingerprint density at radius 1 is 1.04 bits per heavy atom. The first-order chi connectivity index (χ1) is 13.5. The normalized spacial score (nSPS) is 11.0. The van der Waals surface area contributed by atoms with Crippen molar-refractivity contribution in [3.63, 3.8) is 0 Å². The first-order valence-corrected chi connectivity index (χ1v) is 9.91. The molecule has 2 N–H and O–H groups in total. The van der Waals surface area contributed by atoms with Crippen LogP contribution < -0.4 is 14.8 Å². The average Bonchev–Trinajstić information content (AvgIpc) is 2.74. The van der Waals surface area contributed by atoms with Crippen molar-refractivity contribution < 1.29 is 17.9 Å². The van der Waals surface area contributed by atoms with Crippen molar-refractivity contribution in [1.82, 2.24) is 9.71 Å². The highest BCUT2D eigenvalue weighted by Crippen LogP contribution is 2.17. The molecular weight excluding hydrogens is 378 g/mol. The molecule has 3 rings (SSSR count). The molecule has 144 valence electrons. The van der Waals surface area contributed by atoms with Crippen molar-refractivity contribution >= 4 is 21.6 Å². The fraction of sp³-hybridized carbons (Fsp3) is 0.100. The standard InChI is InChI=1S/C20H19N3O4S/c1-27-18-10-8-16(9-11-18)23-20(24)15-5-4-7-19(13-15)28(25,26)22-14-17-6-2-3-12-21-17/h2-13,22H,14H2,1H3,(H,23,24). The van der Waals surface area contributed by atoms with Crippen LogP contribution >= 0.6 is 0 Å². The molecule has 0 fully saturated rings. The fourth-order valence-electron chi connectivity index (χ4n) is 2.44. The monoisotopic (exact) mass is 397 g/mol. The van der Waals surface area contributed by atoms with E-state index in [9.17, 15) is 13.2 Å². The van der Waals surface area contributed by atoms with Crippen LogP contribution in [0.15, 0.2) is 77.8 Å². The summed E-state index contributed by atoms with van der Waals surface area (Å²) >= 11 is 0. The third kappa shape index (κ3) is 4.93. The number of carbonyl (C=O) groups is 1. The second-order valence-corrected chi connectivity index (χ2v) is 7.62. The van der Waals surface area contributed by atoms with Crippen molar-refractivity contribution in [3.8, 4) is 5.75 Å². The molecule has 0 saturated heterocycles. The molecule has 1 amide bonds. The molecule has 1 aromatic heterocycles. The van der Waals surface area contributed by atoms with Crippen molar-refractivity contribution in [1.29, 1.82) is 0 Å². The summed E-state index contributed by atoms with van der Waals surface area (Å²) in [4.78, 5) is 16.5. The summed E-state index contributed by atoms with van der Waals surface area (Å²) in [5.41, 5.74) is 1.41. The molecule has 2 aromatic carbocycles. The van der Waals surface area contributed by atoms with Gasteiger partial charge >= 0.3 is 0 Å². The fourth-order valence-corrected chi connectivity index (χ4v) is 3.48. The van der Waals surface area contributed by atoms with Gasteiger partial charge in [-0.3, -0.25) is 9.78 Å². The van der Waals surface area contributed by atoms with Gasteiger partial charge in [-0.25, -0.2) is 13.1 Å². The molecule has 0 aliphatic heterocycles. The molecule has 0 spiro atoms. The van der Waals surface area contributed by atoms with E-state index in [0.29, 0.717) is 17.1 Å². The number of nitrogens with one attached hydrogen (secondary N) is 2. The van der Waals surface area contributed by atoms with Gasteiger partial charge < -0.3 is 10.1 Å². The molecule has 8 heteroatoms. The Balaban J connectivity index is 1.72. The van der Waals surface area contributed by atoms with Gasteiger partial charge in [-0.1, -0.05) is 12.1 Å². The molecule has 7 nitrogen and oxygen atoms in total. The zero-order chi connectivity index (χ0) is 20.0. The van der Waals surface area contributed by atoms with Gasteiger partial charge in [0.15, 0.2) is 0 Å². The van der Waals surface area contributed by atoms with Crippen LogP contribution in [0.4, 0.5) is 5.69 Å². The average molecular weight is 397 g/mol. The van der Waals surface area contributed by atoms with Crippen molar-refractivity contribution in [2.24, 2.45) is 0 Å². The maximum Gasteiger partial charge on any atom is 0.255 e. The van der Waals surface area contributed by atoms with Gasteiger partial charge in [0.25, 0.3) is 5.91 Å². The quantitative estimate of drug-likeness (QED) is 0.639. The van der Waals surface area contributed by atoms with Gasteiger partial charge in [-0.15, -0.1) is 0 Å². The summed E-state index contributed by atoms with van der Waals surface area (Å²) in [6.45, 7) is 0.0610. The van der Waals surface area contributed by atoms with E-state index >= 15 is 0 Å². The molecular formula is C20H19N3O4S. The Hall–Kier alpha value is -3.23. The number of ether oxygens (including phenoxy) is 1. The Morgan fingerprint density at radius 3 is 2.50 bits per heavy atom. The summed E-state index contributed by atoms with van der Waals surface area (Å²) in [5, 5.41) is 2.73. The lowest BCUT2D eigenvalue weighted by atomic mass is 10.2. The van der Waals surface area contributed by atoms with Gasteiger partial charge in [-0.05, 0) is 54.6 Å². The van der Waals surface area contributed by atoms with Crippen molar-refractivity contribution in [2.45, 2.75) is 11.4 Å². The minimum atomic E-state index is -3.78. The molecule has 0 saturated carbocycles. The molecule has 3 aromatic rings. The highest BCUT2D eigenvalue weighted by atomic mass is 32.2. The molecule has 1 heterocycles. The third-order valence-corrected chi connectivity index (χ3v) is 5.32. The summed E-state index contributed by atoms with van der Waals surface area (Å²) in [6, 6.07) is 17.9. The first-order valence-electron chi connectivity index (χ1n) is 8.43. The van der Waals surface area contributed by atoms with Gasteiger partial charge in [-0.2, -0.15) is 0 Å². The van der Waals surface area contributed by atoms with E-state index in [1.807, 2.05) is 0 Å². The maximum atomic E-state index is 12.5. The van der Waals surface area contributed by atoms with E-state index in [1.54, 1.807) is 61.8 Å². The van der Waals surface area contributed by atoms with Crippen LogP contribution in [0.2, 0.25) is 0 Å². The van der Waals surface area contributed by atoms with Crippen LogP contribution in [0.3, 0.4) is 0 Å². The lowest BCUT2D eigenvalue weighted by Gasteiger charge is -2.09. The molecule has 0 bridgehead atoms. The molecule has 28 heavy (non-hydrogen) atoms. The molecule has 0 aliphatic rings. The van der Waals surface area contributed by atoms with Crippen LogP contribution in [0.25, 0.3) is 0 Å². The Labute approximate surface area is 163 Å². The predicted molar refractivity (Wildman–Crippen MR) is 106 cm³/mol. The number of sulfonamides is 1. The summed E-state index contributed by atoms with van der Waals surface area (Å²) in [7, 11) is -2.23. The van der Waals surface area contributed by atoms with Crippen LogP contribution in [0.1, 0.15) is 16.1 Å². The number of anilines is 1. The number of pyridine rings is 1. The zero-order valence-electron chi connectivity index (χ0n) is 15.1. The smallest absolute Gasteiger partial charge is 0.255 e. The van der Waals surface area contributed by atoms with E-state index in [4.69, 9.17) is 4.74 Å². The SMILES string of the molecule is COc1ccc(NC(=O)c2cccc(S(=O)(=O)NCc3ccccn3)c2)cc1. The van der Waals surface area contributed by atoms with Crippen molar-refractivity contribution in [3.05, 3.63) is 84.2 Å². The number of rotatable bonds is 7. The third-order valence-electron chi connectivity index (χ3n) is 3.92. The van der Waals surface area contributed by atoms with Crippen LogP contribution in [0, 0.1) is 0 Å². The zero-order valence-corrected chi connectivity index (χ0v) is 15.9.